The van der Waals surface area contributed by atoms with E-state index >= 15 is 0 Å². The standard InChI is InChI=1S/C22H21F3N4O4S/c1-33-15-9-13(8-14(10-15)28-20-26-7-4-17(29-20)22(23,24)25)16-11-27-19(34-16)21(32)5-2-12(3-6-21)18(30)31/h4,7-12,32H,2-3,5-6H2,1H3,(H,30,31)(H,26,28,29)/t12-,21+. The smallest absolute Gasteiger partial charge is 0.433 e. The fraction of sp³-hybridized carbons (Fsp3) is 0.364. The minimum atomic E-state index is -4.60. The SMILES string of the molecule is COc1cc(Nc2nccc(C(F)(F)F)n2)cc(-c2cnc([C@]3(O)CC[C@@H](C(=O)O)CC3)s2)c1. The maximum Gasteiger partial charge on any atom is 0.433 e. The number of nitrogens with one attached hydrogen (secondary N) is 1. The molecule has 1 aliphatic carbocycles. The second-order valence-electron chi connectivity index (χ2n) is 8.01. The predicted octanol–water partition coefficient (Wildman–Crippen LogP) is 4.83. The van der Waals surface area contributed by atoms with Crippen LogP contribution in [0.1, 0.15) is 36.4 Å². The summed E-state index contributed by atoms with van der Waals surface area (Å²) in [6, 6.07) is 5.81. The number of nitrogens with zero attached hydrogens (tertiary/aromatic N) is 3. The lowest BCUT2D eigenvalue weighted by atomic mass is 9.79. The highest BCUT2D eigenvalue weighted by Crippen LogP contribution is 2.43. The summed E-state index contributed by atoms with van der Waals surface area (Å²) < 4.78 is 44.2. The number of hydrogen-bond acceptors (Lipinski definition) is 8. The van der Waals surface area contributed by atoms with Crippen LogP contribution in [0.4, 0.5) is 24.8 Å². The number of benzene rings is 1. The Balaban J connectivity index is 1.59. The van der Waals surface area contributed by atoms with E-state index in [-0.39, 0.29) is 5.95 Å². The first kappa shape index (κ1) is 23.9. The van der Waals surface area contributed by atoms with Gasteiger partial charge in [-0.1, -0.05) is 0 Å². The van der Waals surface area contributed by atoms with Crippen molar-refractivity contribution >= 4 is 28.9 Å². The van der Waals surface area contributed by atoms with Crippen LogP contribution in [-0.2, 0) is 16.6 Å². The summed E-state index contributed by atoms with van der Waals surface area (Å²) in [5.74, 6) is -1.10. The van der Waals surface area contributed by atoms with Crippen LogP contribution in [0, 0.1) is 5.92 Å². The fourth-order valence-corrected chi connectivity index (χ4v) is 4.87. The summed E-state index contributed by atoms with van der Waals surface area (Å²) in [4.78, 5) is 23.7. The first-order valence-corrected chi connectivity index (χ1v) is 11.2. The molecule has 1 saturated carbocycles. The number of aromatic nitrogens is 3. The monoisotopic (exact) mass is 494 g/mol. The lowest BCUT2D eigenvalue weighted by Gasteiger charge is -2.32. The molecule has 0 amide bonds. The third kappa shape index (κ3) is 5.12. The lowest BCUT2D eigenvalue weighted by Crippen LogP contribution is -2.33. The van der Waals surface area contributed by atoms with Crippen molar-refractivity contribution in [1.82, 2.24) is 15.0 Å². The van der Waals surface area contributed by atoms with Gasteiger partial charge in [0.25, 0.3) is 0 Å². The van der Waals surface area contributed by atoms with Crippen LogP contribution in [-0.4, -0.2) is 38.2 Å². The Hall–Kier alpha value is -3.25. The van der Waals surface area contributed by atoms with E-state index in [1.165, 1.54) is 18.4 Å². The molecule has 2 heterocycles. The van der Waals surface area contributed by atoms with Crippen LogP contribution in [0.2, 0.25) is 0 Å². The number of carbonyl (C=O) groups is 1. The number of aliphatic hydroxyl groups is 1. The second-order valence-corrected chi connectivity index (χ2v) is 9.04. The van der Waals surface area contributed by atoms with Gasteiger partial charge in [0, 0.05) is 24.1 Å². The molecule has 2 aromatic heterocycles. The van der Waals surface area contributed by atoms with Crippen LogP contribution >= 0.6 is 11.3 Å². The Kier molecular flexibility index (Phi) is 6.45. The number of carboxylic acid groups (broad SMARTS) is 1. The molecule has 1 aliphatic rings. The van der Waals surface area contributed by atoms with Gasteiger partial charge in [-0.15, -0.1) is 11.3 Å². The highest BCUT2D eigenvalue weighted by Gasteiger charge is 2.39. The molecule has 8 nitrogen and oxygen atoms in total. The van der Waals surface area contributed by atoms with Gasteiger partial charge in [0.1, 0.15) is 22.1 Å². The van der Waals surface area contributed by atoms with Crippen LogP contribution in [0.15, 0.2) is 36.7 Å². The van der Waals surface area contributed by atoms with Crippen LogP contribution in [0.5, 0.6) is 5.75 Å². The van der Waals surface area contributed by atoms with Crippen molar-refractivity contribution in [1.29, 1.82) is 0 Å². The second kappa shape index (κ2) is 9.18. The largest absolute Gasteiger partial charge is 0.497 e. The molecular formula is C22H21F3N4O4S. The summed E-state index contributed by atoms with van der Waals surface area (Å²) in [5.41, 5.74) is -1.18. The van der Waals surface area contributed by atoms with E-state index in [0.29, 0.717) is 52.6 Å². The van der Waals surface area contributed by atoms with Gasteiger partial charge in [0.05, 0.1) is 17.9 Å². The van der Waals surface area contributed by atoms with Crippen molar-refractivity contribution in [2.45, 2.75) is 37.5 Å². The summed E-state index contributed by atoms with van der Waals surface area (Å²) in [5, 5.41) is 23.5. The Morgan fingerprint density at radius 3 is 2.62 bits per heavy atom. The van der Waals surface area contributed by atoms with E-state index < -0.39 is 29.4 Å². The zero-order valence-electron chi connectivity index (χ0n) is 18.0. The van der Waals surface area contributed by atoms with Crippen LogP contribution < -0.4 is 10.1 Å². The number of methoxy groups -OCH3 is 1. The number of rotatable bonds is 6. The van der Waals surface area contributed by atoms with Crippen molar-refractivity contribution < 1.29 is 32.9 Å². The number of ether oxygens (including phenoxy) is 1. The van der Waals surface area contributed by atoms with Crippen molar-refractivity contribution in [2.24, 2.45) is 5.92 Å². The van der Waals surface area contributed by atoms with E-state index in [9.17, 15) is 28.2 Å². The van der Waals surface area contributed by atoms with Gasteiger partial charge in [-0.2, -0.15) is 13.2 Å². The molecule has 1 aromatic carbocycles. The van der Waals surface area contributed by atoms with Gasteiger partial charge < -0.3 is 20.3 Å². The summed E-state index contributed by atoms with van der Waals surface area (Å²) in [7, 11) is 1.46. The maximum atomic E-state index is 13.0. The average Bonchev–Trinajstić information content (AvgIpc) is 3.30. The van der Waals surface area contributed by atoms with Crippen LogP contribution in [0.3, 0.4) is 0 Å². The molecule has 0 spiro atoms. The Labute approximate surface area is 196 Å². The summed E-state index contributed by atoms with van der Waals surface area (Å²) in [6.45, 7) is 0. The van der Waals surface area contributed by atoms with E-state index in [0.717, 1.165) is 12.3 Å². The fourth-order valence-electron chi connectivity index (χ4n) is 3.82. The Bertz CT molecular complexity index is 1190. The van der Waals surface area contributed by atoms with Gasteiger partial charge >= 0.3 is 12.1 Å². The van der Waals surface area contributed by atoms with Gasteiger partial charge in [-0.25, -0.2) is 15.0 Å². The molecule has 12 heteroatoms. The number of thiazole rings is 1. The molecule has 0 radical (unpaired) electrons. The molecule has 0 aliphatic heterocycles. The number of alkyl halides is 3. The molecule has 34 heavy (non-hydrogen) atoms. The number of halogens is 3. The Morgan fingerprint density at radius 1 is 1.24 bits per heavy atom. The van der Waals surface area contributed by atoms with Crippen LogP contribution in [0.25, 0.3) is 10.4 Å². The molecule has 4 rings (SSSR count). The first-order valence-electron chi connectivity index (χ1n) is 10.4. The number of aliphatic carboxylic acids is 1. The first-order chi connectivity index (χ1) is 16.1. The van der Waals surface area contributed by atoms with E-state index in [1.54, 1.807) is 24.4 Å². The van der Waals surface area contributed by atoms with Crippen molar-refractivity contribution in [3.05, 3.63) is 47.4 Å². The topological polar surface area (TPSA) is 117 Å². The average molecular weight is 494 g/mol. The number of carboxylic acids is 1. The van der Waals surface area contributed by atoms with Crippen molar-refractivity contribution in [3.63, 3.8) is 0 Å². The minimum Gasteiger partial charge on any atom is -0.497 e. The predicted molar refractivity (Wildman–Crippen MR) is 118 cm³/mol. The third-order valence-corrected chi connectivity index (χ3v) is 6.93. The molecule has 0 bridgehead atoms. The minimum absolute atomic E-state index is 0.219. The molecule has 0 atom stereocenters. The Morgan fingerprint density at radius 2 is 1.97 bits per heavy atom. The number of anilines is 2. The van der Waals surface area contributed by atoms with Gasteiger partial charge in [-0.3, -0.25) is 4.79 Å². The summed E-state index contributed by atoms with van der Waals surface area (Å²) >= 11 is 1.27. The normalized spacial score (nSPS) is 20.7. The maximum absolute atomic E-state index is 13.0. The van der Waals surface area contributed by atoms with Gasteiger partial charge in [-0.05, 0) is 49.4 Å². The molecule has 1 fully saturated rings. The summed E-state index contributed by atoms with van der Waals surface area (Å²) in [6.07, 6.45) is -0.643. The number of hydrogen-bond donors (Lipinski definition) is 3. The molecule has 180 valence electrons. The highest BCUT2D eigenvalue weighted by atomic mass is 32.1. The molecule has 0 unspecified atom stereocenters. The quantitative estimate of drug-likeness (QED) is 0.446. The van der Waals surface area contributed by atoms with E-state index in [4.69, 9.17) is 4.74 Å². The third-order valence-electron chi connectivity index (χ3n) is 5.69. The van der Waals surface area contributed by atoms with Gasteiger partial charge in [0.2, 0.25) is 5.95 Å². The molecule has 3 aromatic rings. The van der Waals surface area contributed by atoms with Crippen molar-refractivity contribution in [2.75, 3.05) is 12.4 Å². The van der Waals surface area contributed by atoms with E-state index in [2.05, 4.69) is 20.3 Å². The molecule has 0 saturated heterocycles. The zero-order valence-corrected chi connectivity index (χ0v) is 18.8. The molecule has 3 N–H and O–H groups in total. The highest BCUT2D eigenvalue weighted by molar-refractivity contribution is 7.15. The lowest BCUT2D eigenvalue weighted by molar-refractivity contribution is -0.145. The zero-order chi connectivity index (χ0) is 24.5. The molecular weight excluding hydrogens is 473 g/mol. The van der Waals surface area contributed by atoms with Gasteiger partial charge in [0.15, 0.2) is 0 Å². The van der Waals surface area contributed by atoms with Crippen molar-refractivity contribution in [3.8, 4) is 16.2 Å². The van der Waals surface area contributed by atoms with E-state index in [1.807, 2.05) is 0 Å².